The van der Waals surface area contributed by atoms with E-state index in [9.17, 15) is 0 Å². The molecule has 1 aromatic carbocycles. The van der Waals surface area contributed by atoms with E-state index in [0.717, 1.165) is 17.7 Å². The molecule has 2 aliphatic heterocycles. The number of hydrogen-bond donors (Lipinski definition) is 1. The maximum Gasteiger partial charge on any atom is 0.231 e. The smallest absolute Gasteiger partial charge is 0.231 e. The van der Waals surface area contributed by atoms with Crippen molar-refractivity contribution in [3.8, 4) is 17.2 Å². The normalized spacial score (nSPS) is 21.4. The Hall–Kier alpha value is -2.11. The van der Waals surface area contributed by atoms with Crippen molar-refractivity contribution in [1.29, 1.82) is 0 Å². The average molecular weight is 291 g/mol. The van der Waals surface area contributed by atoms with Gasteiger partial charge in [0.25, 0.3) is 0 Å². The lowest BCUT2D eigenvalue weighted by molar-refractivity contribution is 0.171. The van der Waals surface area contributed by atoms with Crippen molar-refractivity contribution in [2.24, 2.45) is 10.7 Å². The molecule has 0 spiro atoms. The van der Waals surface area contributed by atoms with Gasteiger partial charge in [0.15, 0.2) is 17.5 Å². The third-order valence-corrected chi connectivity index (χ3v) is 4.16. The van der Waals surface area contributed by atoms with Gasteiger partial charge in [0, 0.05) is 6.04 Å². The summed E-state index contributed by atoms with van der Waals surface area (Å²) in [7, 11) is 1.63. The van der Waals surface area contributed by atoms with Crippen LogP contribution >= 0.6 is 0 Å². The number of aliphatic imine (C=N–C) groups is 1. The maximum absolute atomic E-state index is 6.06. The zero-order chi connectivity index (χ0) is 15.0. The number of hydrogen-bond acceptors (Lipinski definition) is 6. The number of nitrogens with zero attached hydrogens (tertiary/aromatic N) is 2. The molecule has 0 aliphatic carbocycles. The van der Waals surface area contributed by atoms with Crippen LogP contribution in [0.25, 0.3) is 0 Å². The predicted molar refractivity (Wildman–Crippen MR) is 79.9 cm³/mol. The summed E-state index contributed by atoms with van der Waals surface area (Å²) in [6.07, 6.45) is 1.01. The van der Waals surface area contributed by atoms with Crippen LogP contribution in [0.5, 0.6) is 17.2 Å². The van der Waals surface area contributed by atoms with Gasteiger partial charge >= 0.3 is 0 Å². The average Bonchev–Trinajstić information content (AvgIpc) is 3.11. The van der Waals surface area contributed by atoms with Gasteiger partial charge in [-0.1, -0.05) is 6.92 Å². The molecule has 2 atom stereocenters. The summed E-state index contributed by atoms with van der Waals surface area (Å²) in [5.74, 6) is 2.68. The Morgan fingerprint density at radius 3 is 3.00 bits per heavy atom. The first-order valence-corrected chi connectivity index (χ1v) is 7.21. The minimum absolute atomic E-state index is 0.114. The first-order valence-electron chi connectivity index (χ1n) is 7.21. The van der Waals surface area contributed by atoms with Crippen LogP contribution in [0, 0.1) is 0 Å². The van der Waals surface area contributed by atoms with Crippen LogP contribution < -0.4 is 19.9 Å². The highest BCUT2D eigenvalue weighted by molar-refractivity contribution is 5.81. The maximum atomic E-state index is 6.06. The molecule has 6 nitrogen and oxygen atoms in total. The van der Waals surface area contributed by atoms with E-state index in [2.05, 4.69) is 23.7 Å². The van der Waals surface area contributed by atoms with Crippen molar-refractivity contribution in [3.05, 3.63) is 17.7 Å². The molecule has 0 saturated carbocycles. The van der Waals surface area contributed by atoms with Gasteiger partial charge in [0.2, 0.25) is 12.5 Å². The monoisotopic (exact) mass is 291 g/mol. The first-order chi connectivity index (χ1) is 10.2. The highest BCUT2D eigenvalue weighted by Gasteiger charge is 2.32. The topological polar surface area (TPSA) is 69.3 Å². The van der Waals surface area contributed by atoms with Gasteiger partial charge in [-0.25, -0.2) is 0 Å². The van der Waals surface area contributed by atoms with Crippen LogP contribution in [-0.4, -0.2) is 37.3 Å². The van der Waals surface area contributed by atoms with Crippen molar-refractivity contribution >= 4 is 5.96 Å². The number of ether oxygens (including phenoxy) is 3. The summed E-state index contributed by atoms with van der Waals surface area (Å²) in [5, 5.41) is 0. The van der Waals surface area contributed by atoms with Gasteiger partial charge in [0.1, 0.15) is 0 Å². The third kappa shape index (κ3) is 2.24. The van der Waals surface area contributed by atoms with E-state index < -0.39 is 0 Å². The molecule has 2 heterocycles. The lowest BCUT2D eigenvalue weighted by Crippen LogP contribution is -2.42. The van der Waals surface area contributed by atoms with E-state index in [1.165, 1.54) is 0 Å². The summed E-state index contributed by atoms with van der Waals surface area (Å²) >= 11 is 0. The van der Waals surface area contributed by atoms with Gasteiger partial charge in [-0.15, -0.1) is 0 Å². The highest BCUT2D eigenvalue weighted by atomic mass is 16.7. The van der Waals surface area contributed by atoms with Gasteiger partial charge in [-0.2, -0.15) is 0 Å². The Morgan fingerprint density at radius 1 is 1.48 bits per heavy atom. The van der Waals surface area contributed by atoms with Crippen LogP contribution in [0.3, 0.4) is 0 Å². The van der Waals surface area contributed by atoms with E-state index in [1.54, 1.807) is 7.11 Å². The quantitative estimate of drug-likeness (QED) is 0.917. The molecule has 21 heavy (non-hydrogen) atoms. The van der Waals surface area contributed by atoms with Crippen molar-refractivity contribution in [1.82, 2.24) is 4.90 Å². The van der Waals surface area contributed by atoms with Gasteiger partial charge < -0.3 is 24.8 Å². The Bertz CT molecular complexity index is 574. The second kappa shape index (κ2) is 5.35. The molecular weight excluding hydrogens is 270 g/mol. The van der Waals surface area contributed by atoms with Crippen molar-refractivity contribution in [2.75, 3.05) is 20.4 Å². The number of benzene rings is 1. The lowest BCUT2D eigenvalue weighted by atomic mass is 10.0. The molecule has 2 unspecified atom stereocenters. The molecule has 2 N–H and O–H groups in total. The largest absolute Gasteiger partial charge is 0.493 e. The molecule has 0 saturated heterocycles. The van der Waals surface area contributed by atoms with Crippen molar-refractivity contribution in [2.45, 2.75) is 32.4 Å². The van der Waals surface area contributed by atoms with Crippen molar-refractivity contribution < 1.29 is 14.2 Å². The zero-order valence-electron chi connectivity index (χ0n) is 12.6. The second-order valence-corrected chi connectivity index (χ2v) is 5.34. The number of nitrogens with two attached hydrogens (primary N) is 1. The van der Waals surface area contributed by atoms with E-state index >= 15 is 0 Å². The molecule has 0 aromatic heterocycles. The zero-order valence-corrected chi connectivity index (χ0v) is 12.6. The molecule has 0 fully saturated rings. The van der Waals surface area contributed by atoms with E-state index in [0.29, 0.717) is 30.0 Å². The number of rotatable bonds is 4. The Balaban J connectivity index is 1.97. The first kappa shape index (κ1) is 13.9. The molecule has 2 aliphatic rings. The van der Waals surface area contributed by atoms with E-state index in [1.807, 2.05) is 12.1 Å². The fourth-order valence-corrected chi connectivity index (χ4v) is 2.85. The lowest BCUT2D eigenvalue weighted by Gasteiger charge is -2.32. The Kier molecular flexibility index (Phi) is 3.53. The van der Waals surface area contributed by atoms with Crippen LogP contribution in [0.15, 0.2) is 17.1 Å². The molecule has 0 amide bonds. The van der Waals surface area contributed by atoms with Crippen LogP contribution in [0.2, 0.25) is 0 Å². The summed E-state index contributed by atoms with van der Waals surface area (Å²) in [4.78, 5) is 6.56. The van der Waals surface area contributed by atoms with Crippen molar-refractivity contribution in [3.63, 3.8) is 0 Å². The molecule has 1 aromatic rings. The predicted octanol–water partition coefficient (Wildman–Crippen LogP) is 1.89. The fraction of sp³-hybridized carbons (Fsp3) is 0.533. The Labute approximate surface area is 124 Å². The van der Waals surface area contributed by atoms with E-state index in [4.69, 9.17) is 19.9 Å². The summed E-state index contributed by atoms with van der Waals surface area (Å²) in [5.41, 5.74) is 7.14. The SMILES string of the molecule is CCC(C)N1C(N)=NCC1c1cc(OC)c2c(c1)OCO2. The van der Waals surface area contributed by atoms with Crippen LogP contribution in [0.4, 0.5) is 0 Å². The molecule has 114 valence electrons. The molecule has 3 rings (SSSR count). The number of fused-ring (bicyclic) bond motifs is 1. The minimum atomic E-state index is 0.114. The number of methoxy groups -OCH3 is 1. The van der Waals surface area contributed by atoms with Crippen LogP contribution in [-0.2, 0) is 0 Å². The molecule has 6 heteroatoms. The summed E-state index contributed by atoms with van der Waals surface area (Å²) in [6, 6.07) is 4.43. The van der Waals surface area contributed by atoms with Crippen LogP contribution in [0.1, 0.15) is 31.9 Å². The Morgan fingerprint density at radius 2 is 2.29 bits per heavy atom. The molecule has 0 bridgehead atoms. The third-order valence-electron chi connectivity index (χ3n) is 4.16. The number of guanidine groups is 1. The fourth-order valence-electron chi connectivity index (χ4n) is 2.85. The molecular formula is C15H21N3O3. The summed E-state index contributed by atoms with van der Waals surface area (Å²) < 4.78 is 16.4. The van der Waals surface area contributed by atoms with Gasteiger partial charge in [-0.05, 0) is 31.0 Å². The van der Waals surface area contributed by atoms with Gasteiger partial charge in [-0.3, -0.25) is 4.99 Å². The second-order valence-electron chi connectivity index (χ2n) is 5.34. The molecule has 0 radical (unpaired) electrons. The van der Waals surface area contributed by atoms with Gasteiger partial charge in [0.05, 0.1) is 19.7 Å². The van der Waals surface area contributed by atoms with E-state index in [-0.39, 0.29) is 12.8 Å². The standard InChI is InChI=1S/C15H21N3O3/c1-4-9(2)18-11(7-17-15(18)16)10-5-12(19-3)14-13(6-10)20-8-21-14/h5-6,9,11H,4,7-8H2,1-3H3,(H2,16,17). The highest BCUT2D eigenvalue weighted by Crippen LogP contribution is 2.44. The summed E-state index contributed by atoms with van der Waals surface area (Å²) in [6.45, 7) is 5.19. The minimum Gasteiger partial charge on any atom is -0.493 e.